The maximum atomic E-state index is 12.5. The third-order valence-electron chi connectivity index (χ3n) is 3.62. The molecule has 0 fully saturated rings. The molecule has 0 amide bonds. The van der Waals surface area contributed by atoms with Crippen molar-refractivity contribution >= 4 is 10.0 Å². The summed E-state index contributed by atoms with van der Waals surface area (Å²) in [6.45, 7) is 3.88. The molecule has 0 saturated carbocycles. The summed E-state index contributed by atoms with van der Waals surface area (Å²) in [4.78, 5) is 0.233. The molecule has 5 heteroatoms. The Labute approximate surface area is 132 Å². The van der Waals surface area contributed by atoms with Gasteiger partial charge < -0.3 is 5.11 Å². The summed E-state index contributed by atoms with van der Waals surface area (Å²) in [6.07, 6.45) is -0.856. The van der Waals surface area contributed by atoms with Gasteiger partial charge >= 0.3 is 0 Å². The van der Waals surface area contributed by atoms with E-state index in [1.54, 1.807) is 24.3 Å². The molecule has 0 aliphatic rings. The third-order valence-corrected chi connectivity index (χ3v) is 5.46. The molecular formula is C17H21NO3S. The number of rotatable bonds is 5. The van der Waals surface area contributed by atoms with E-state index in [0.29, 0.717) is 5.56 Å². The molecule has 22 heavy (non-hydrogen) atoms. The first kappa shape index (κ1) is 16.7. The monoisotopic (exact) mass is 319 g/mol. The first-order valence-electron chi connectivity index (χ1n) is 7.08. The fourth-order valence-electron chi connectivity index (χ4n) is 2.13. The highest BCUT2D eigenvalue weighted by molar-refractivity contribution is 7.89. The van der Waals surface area contributed by atoms with Crippen molar-refractivity contribution in [1.29, 1.82) is 0 Å². The number of likely N-dealkylation sites (N-methyl/N-ethyl adjacent to an activating group) is 1. The molecule has 2 rings (SSSR count). The molecule has 118 valence electrons. The highest BCUT2D eigenvalue weighted by Gasteiger charge is 2.23. The number of sulfonamides is 1. The van der Waals surface area contributed by atoms with Crippen LogP contribution in [0.15, 0.2) is 53.4 Å². The van der Waals surface area contributed by atoms with Crippen molar-refractivity contribution in [3.8, 4) is 0 Å². The number of hydrogen-bond donors (Lipinski definition) is 1. The average Bonchev–Trinajstić information content (AvgIpc) is 2.48. The van der Waals surface area contributed by atoms with Gasteiger partial charge in [0.25, 0.3) is 0 Å². The zero-order valence-corrected chi connectivity index (χ0v) is 13.8. The lowest BCUT2D eigenvalue weighted by Gasteiger charge is -2.21. The lowest BCUT2D eigenvalue weighted by atomic mass is 10.1. The van der Waals surface area contributed by atoms with Crippen molar-refractivity contribution < 1.29 is 13.5 Å². The normalized spacial score (nSPS) is 13.3. The highest BCUT2D eigenvalue weighted by atomic mass is 32.2. The second-order valence-electron chi connectivity index (χ2n) is 5.53. The predicted molar refractivity (Wildman–Crippen MR) is 87.1 cm³/mol. The zero-order chi connectivity index (χ0) is 16.3. The van der Waals surface area contributed by atoms with Gasteiger partial charge in [-0.05, 0) is 31.5 Å². The molecular weight excluding hydrogens is 298 g/mol. The molecule has 0 saturated heterocycles. The van der Waals surface area contributed by atoms with Gasteiger partial charge in [0.15, 0.2) is 0 Å². The second-order valence-corrected chi connectivity index (χ2v) is 7.57. The summed E-state index contributed by atoms with van der Waals surface area (Å²) in [5.41, 5.74) is 2.80. The van der Waals surface area contributed by atoms with Gasteiger partial charge in [0.1, 0.15) is 0 Å². The predicted octanol–water partition coefficient (Wildman–Crippen LogP) is 2.66. The fourth-order valence-corrected chi connectivity index (χ4v) is 3.30. The van der Waals surface area contributed by atoms with Crippen molar-refractivity contribution in [3.63, 3.8) is 0 Å². The topological polar surface area (TPSA) is 57.6 Å². The second kappa shape index (κ2) is 6.60. The first-order valence-corrected chi connectivity index (χ1v) is 8.52. The third kappa shape index (κ3) is 3.74. The van der Waals surface area contributed by atoms with Crippen LogP contribution in [0.3, 0.4) is 0 Å². The first-order chi connectivity index (χ1) is 10.3. The van der Waals surface area contributed by atoms with Gasteiger partial charge in [-0.25, -0.2) is 8.42 Å². The minimum Gasteiger partial charge on any atom is -0.387 e. The Morgan fingerprint density at radius 3 is 1.91 bits per heavy atom. The number of aryl methyl sites for hydroxylation is 2. The van der Waals surface area contributed by atoms with Crippen LogP contribution >= 0.6 is 0 Å². The van der Waals surface area contributed by atoms with Crippen LogP contribution in [0.5, 0.6) is 0 Å². The number of nitrogens with zero attached hydrogens (tertiary/aromatic N) is 1. The molecule has 0 aromatic heterocycles. The van der Waals surface area contributed by atoms with E-state index in [1.165, 1.54) is 11.4 Å². The number of aliphatic hydroxyl groups excluding tert-OH is 1. The Morgan fingerprint density at radius 1 is 0.955 bits per heavy atom. The van der Waals surface area contributed by atoms with Gasteiger partial charge in [-0.1, -0.05) is 47.5 Å². The number of hydrogen-bond acceptors (Lipinski definition) is 3. The average molecular weight is 319 g/mol. The van der Waals surface area contributed by atoms with E-state index >= 15 is 0 Å². The van der Waals surface area contributed by atoms with Gasteiger partial charge in [0.2, 0.25) is 10.0 Å². The van der Waals surface area contributed by atoms with Crippen molar-refractivity contribution in [3.05, 3.63) is 65.2 Å². The van der Waals surface area contributed by atoms with Gasteiger partial charge in [0.05, 0.1) is 11.0 Å². The van der Waals surface area contributed by atoms with E-state index in [9.17, 15) is 13.5 Å². The number of aliphatic hydroxyl groups is 1. The molecule has 0 radical (unpaired) electrons. The van der Waals surface area contributed by atoms with Gasteiger partial charge in [-0.3, -0.25) is 0 Å². The van der Waals surface area contributed by atoms with Crippen molar-refractivity contribution in [1.82, 2.24) is 4.31 Å². The van der Waals surface area contributed by atoms with Crippen LogP contribution in [0.2, 0.25) is 0 Å². The summed E-state index contributed by atoms with van der Waals surface area (Å²) in [5, 5.41) is 10.2. The standard InChI is InChI=1S/C17H21NO3S/c1-13-4-8-15(9-5-13)17(19)12-18(3)22(20,21)16-10-6-14(2)7-11-16/h4-11,17,19H,12H2,1-3H3. The smallest absolute Gasteiger partial charge is 0.242 e. The molecule has 4 nitrogen and oxygen atoms in total. The van der Waals surface area contributed by atoms with E-state index in [2.05, 4.69) is 0 Å². The van der Waals surface area contributed by atoms with E-state index in [1.807, 2.05) is 38.1 Å². The maximum absolute atomic E-state index is 12.5. The molecule has 1 N–H and O–H groups in total. The lowest BCUT2D eigenvalue weighted by molar-refractivity contribution is 0.155. The van der Waals surface area contributed by atoms with Crippen LogP contribution in [0.25, 0.3) is 0 Å². The molecule has 0 bridgehead atoms. The quantitative estimate of drug-likeness (QED) is 0.922. The van der Waals surface area contributed by atoms with E-state index < -0.39 is 16.1 Å². The summed E-state index contributed by atoms with van der Waals surface area (Å²) in [6, 6.07) is 14.1. The van der Waals surface area contributed by atoms with Crippen molar-refractivity contribution in [2.75, 3.05) is 13.6 Å². The largest absolute Gasteiger partial charge is 0.387 e. The molecule has 0 aliphatic carbocycles. The summed E-state index contributed by atoms with van der Waals surface area (Å²) < 4.78 is 26.1. The Balaban J connectivity index is 2.15. The molecule has 1 unspecified atom stereocenters. The van der Waals surface area contributed by atoms with Gasteiger partial charge in [0, 0.05) is 13.6 Å². The van der Waals surface area contributed by atoms with Crippen LogP contribution in [0, 0.1) is 13.8 Å². The molecule has 1 atom stereocenters. The minimum atomic E-state index is -3.59. The van der Waals surface area contributed by atoms with Crippen molar-refractivity contribution in [2.24, 2.45) is 0 Å². The van der Waals surface area contributed by atoms with Crippen LogP contribution < -0.4 is 0 Å². The SMILES string of the molecule is Cc1ccc(C(O)CN(C)S(=O)(=O)c2ccc(C)cc2)cc1. The zero-order valence-electron chi connectivity index (χ0n) is 13.0. The van der Waals surface area contributed by atoms with Gasteiger partial charge in [-0.2, -0.15) is 4.31 Å². The summed E-state index contributed by atoms with van der Waals surface area (Å²) in [7, 11) is -2.11. The summed E-state index contributed by atoms with van der Waals surface area (Å²) >= 11 is 0. The van der Waals surface area contributed by atoms with Gasteiger partial charge in [-0.15, -0.1) is 0 Å². The molecule has 0 heterocycles. The maximum Gasteiger partial charge on any atom is 0.242 e. The van der Waals surface area contributed by atoms with E-state index in [4.69, 9.17) is 0 Å². The highest BCUT2D eigenvalue weighted by Crippen LogP contribution is 2.20. The Morgan fingerprint density at radius 2 is 1.41 bits per heavy atom. The minimum absolute atomic E-state index is 0.0132. The molecule has 0 spiro atoms. The molecule has 0 aliphatic heterocycles. The lowest BCUT2D eigenvalue weighted by Crippen LogP contribution is -2.31. The fraction of sp³-hybridized carbons (Fsp3) is 0.294. The van der Waals surface area contributed by atoms with Crippen LogP contribution in [-0.2, 0) is 10.0 Å². The molecule has 2 aromatic carbocycles. The van der Waals surface area contributed by atoms with E-state index in [0.717, 1.165) is 11.1 Å². The van der Waals surface area contributed by atoms with Crippen LogP contribution in [0.4, 0.5) is 0 Å². The van der Waals surface area contributed by atoms with Crippen LogP contribution in [0.1, 0.15) is 22.8 Å². The van der Waals surface area contributed by atoms with E-state index in [-0.39, 0.29) is 11.4 Å². The Kier molecular flexibility index (Phi) is 5.01. The summed E-state index contributed by atoms with van der Waals surface area (Å²) in [5.74, 6) is 0. The Bertz CT molecular complexity index is 722. The number of benzene rings is 2. The van der Waals surface area contributed by atoms with Crippen LogP contribution in [-0.4, -0.2) is 31.4 Å². The Hall–Kier alpha value is -1.69. The molecule has 2 aromatic rings. The van der Waals surface area contributed by atoms with Crippen molar-refractivity contribution in [2.45, 2.75) is 24.8 Å².